The topological polar surface area (TPSA) is 72.1 Å². The van der Waals surface area contributed by atoms with Crippen LogP contribution in [0, 0.1) is 43.9 Å². The summed E-state index contributed by atoms with van der Waals surface area (Å²) in [5.41, 5.74) is 7.45. The van der Waals surface area contributed by atoms with Gasteiger partial charge in [-0.3, -0.25) is 4.79 Å². The maximum absolute atomic E-state index is 14.7. The molecule has 2 aliphatic heterocycles. The number of aryl methyl sites for hydroxylation is 2. The number of halogens is 1. The van der Waals surface area contributed by atoms with Crippen LogP contribution in [0.5, 0.6) is 0 Å². The molecule has 2 heterocycles. The molecule has 1 amide bonds. The first-order valence-corrected chi connectivity index (χ1v) is 17.3. The lowest BCUT2D eigenvalue weighted by Gasteiger charge is -2.42. The molecule has 0 spiro atoms. The van der Waals surface area contributed by atoms with E-state index in [1.54, 1.807) is 12.1 Å². The van der Waals surface area contributed by atoms with Crippen molar-refractivity contribution in [1.82, 2.24) is 4.90 Å². The highest BCUT2D eigenvalue weighted by Gasteiger charge is 2.33. The molecule has 2 atom stereocenters. The van der Waals surface area contributed by atoms with Gasteiger partial charge in [-0.15, -0.1) is 0 Å². The summed E-state index contributed by atoms with van der Waals surface area (Å²) in [6.07, 6.45) is 4.24. The van der Waals surface area contributed by atoms with Crippen LogP contribution in [0.25, 0.3) is 4.85 Å². The average Bonchev–Trinajstić information content (AvgIpc) is 2.98. The number of piperazine rings is 1. The zero-order valence-corrected chi connectivity index (χ0v) is 27.1. The molecule has 0 aromatic heterocycles. The molecule has 9 heteroatoms. The Labute approximate surface area is 268 Å². The monoisotopic (exact) mass is 631 g/mol. The number of amides is 1. The summed E-state index contributed by atoms with van der Waals surface area (Å²) in [6, 6.07) is 14.4. The third-order valence-corrected chi connectivity index (χ3v) is 10.5. The van der Waals surface area contributed by atoms with E-state index in [1.165, 1.54) is 23.4 Å². The van der Waals surface area contributed by atoms with E-state index >= 15 is 0 Å². The van der Waals surface area contributed by atoms with Gasteiger partial charge in [0, 0.05) is 56.3 Å². The highest BCUT2D eigenvalue weighted by atomic mass is 32.2. The molecule has 1 N–H and O–H groups in total. The van der Waals surface area contributed by atoms with E-state index in [2.05, 4.69) is 29.7 Å². The summed E-state index contributed by atoms with van der Waals surface area (Å²) >= 11 is 0. The van der Waals surface area contributed by atoms with Crippen LogP contribution >= 0.6 is 0 Å². The molecule has 0 unspecified atom stereocenters. The second kappa shape index (κ2) is 13.6. The number of carbonyl (C=O) groups is 1. The van der Waals surface area contributed by atoms with Crippen molar-refractivity contribution in [3.8, 4) is 0 Å². The normalized spacial score (nSPS) is 18.6. The SMILES string of the molecule is C.[C-]#[N+]c1ccccc1N1CCC(Cc2c(C)cc(C)c(C(=O)N3CCN(c4cccc(F)c4[S@](C)(=N)=O)C[C@@H]3C)c2C)CC1. The van der Waals surface area contributed by atoms with Crippen molar-refractivity contribution < 1.29 is 13.4 Å². The van der Waals surface area contributed by atoms with Gasteiger partial charge >= 0.3 is 0 Å². The van der Waals surface area contributed by atoms with Crippen molar-refractivity contribution in [1.29, 1.82) is 4.78 Å². The molecule has 3 aromatic rings. The molecule has 2 aliphatic rings. The zero-order valence-electron chi connectivity index (χ0n) is 26.3. The predicted octanol–water partition coefficient (Wildman–Crippen LogP) is 7.78. The van der Waals surface area contributed by atoms with Crippen LogP contribution < -0.4 is 9.80 Å². The molecule has 5 rings (SSSR count). The number of piperidine rings is 1. The van der Waals surface area contributed by atoms with Gasteiger partial charge in [0.15, 0.2) is 0 Å². The Morgan fingerprint density at radius 3 is 2.31 bits per heavy atom. The molecule has 7 nitrogen and oxygen atoms in total. The van der Waals surface area contributed by atoms with E-state index in [0.717, 1.165) is 54.7 Å². The van der Waals surface area contributed by atoms with Crippen LogP contribution in [0.4, 0.5) is 21.5 Å². The van der Waals surface area contributed by atoms with Gasteiger partial charge in [0.25, 0.3) is 5.91 Å². The first-order chi connectivity index (χ1) is 20.9. The smallest absolute Gasteiger partial charge is 0.254 e. The number of hydrogen-bond acceptors (Lipinski definition) is 5. The van der Waals surface area contributed by atoms with Crippen molar-refractivity contribution in [3.05, 3.63) is 93.6 Å². The highest BCUT2D eigenvalue weighted by Crippen LogP contribution is 2.35. The average molecular weight is 632 g/mol. The van der Waals surface area contributed by atoms with Gasteiger partial charge in [-0.05, 0) is 93.3 Å². The number of nitrogens with zero attached hydrogens (tertiary/aromatic N) is 4. The second-order valence-corrected chi connectivity index (χ2v) is 14.5. The molecule has 2 saturated heterocycles. The number of para-hydroxylation sites is 2. The fraction of sp³-hybridized carbons (Fsp3) is 0.444. The number of rotatable bonds is 6. The van der Waals surface area contributed by atoms with Gasteiger partial charge in [-0.2, -0.15) is 0 Å². The maximum Gasteiger partial charge on any atom is 0.254 e. The van der Waals surface area contributed by atoms with E-state index in [0.29, 0.717) is 36.9 Å². The molecule has 3 aromatic carbocycles. The van der Waals surface area contributed by atoms with Crippen LogP contribution in [-0.2, 0) is 16.1 Å². The summed E-state index contributed by atoms with van der Waals surface area (Å²) in [5.74, 6) is -0.116. The largest absolute Gasteiger partial charge is 0.380 e. The van der Waals surface area contributed by atoms with Crippen molar-refractivity contribution in [2.24, 2.45) is 5.92 Å². The molecule has 0 bridgehead atoms. The van der Waals surface area contributed by atoms with Crippen LogP contribution in [0.1, 0.15) is 59.8 Å². The molecular weight excluding hydrogens is 585 g/mol. The predicted molar refractivity (Wildman–Crippen MR) is 183 cm³/mol. The van der Waals surface area contributed by atoms with Crippen molar-refractivity contribution in [2.75, 3.05) is 48.8 Å². The van der Waals surface area contributed by atoms with E-state index < -0.39 is 15.5 Å². The van der Waals surface area contributed by atoms with Crippen LogP contribution in [-0.4, -0.2) is 60.0 Å². The molecule has 0 saturated carbocycles. The summed E-state index contributed by atoms with van der Waals surface area (Å²) in [7, 11) is -3.27. The van der Waals surface area contributed by atoms with Gasteiger partial charge in [-0.1, -0.05) is 37.8 Å². The molecular formula is C36H46FN5O2S. The summed E-state index contributed by atoms with van der Waals surface area (Å²) < 4.78 is 35.4. The Bertz CT molecular complexity index is 1720. The standard InChI is InChI=1S/C35H42FN5O2S.CH4/c1-23-20-24(2)33(26(4)28(23)21-27-14-16-39(17-15-27)31-12-8-7-11-30(31)38-5)35(42)41-19-18-40(22-25(41)3)32-13-9-10-29(36)34(32)44(6,37)43;/h7-13,20,25,27,37H,14-19,21-22H2,1-4,6H3;1H4/t25-,44+;/m0./s1. The number of carbonyl (C=O) groups excluding carboxylic acids is 1. The van der Waals surface area contributed by atoms with Crippen LogP contribution in [0.2, 0.25) is 0 Å². The van der Waals surface area contributed by atoms with Crippen molar-refractivity contribution in [3.63, 3.8) is 0 Å². The molecule has 240 valence electrons. The lowest BCUT2D eigenvalue weighted by molar-refractivity contribution is 0.0672. The van der Waals surface area contributed by atoms with Crippen LogP contribution in [0.3, 0.4) is 0 Å². The third-order valence-electron chi connectivity index (χ3n) is 9.36. The lowest BCUT2D eigenvalue weighted by atomic mass is 9.83. The minimum Gasteiger partial charge on any atom is -0.380 e. The Balaban J connectivity index is 0.00000461. The molecule has 2 fully saturated rings. The molecule has 0 aliphatic carbocycles. The lowest BCUT2D eigenvalue weighted by Crippen LogP contribution is -2.54. The summed E-state index contributed by atoms with van der Waals surface area (Å²) in [5, 5.41) is 0. The van der Waals surface area contributed by atoms with Crippen molar-refractivity contribution >= 4 is 32.7 Å². The van der Waals surface area contributed by atoms with E-state index in [9.17, 15) is 13.4 Å². The second-order valence-electron chi connectivity index (χ2n) is 12.4. The van der Waals surface area contributed by atoms with Gasteiger partial charge < -0.3 is 14.7 Å². The first-order valence-electron chi connectivity index (χ1n) is 15.3. The van der Waals surface area contributed by atoms with E-state index in [1.807, 2.05) is 47.9 Å². The van der Waals surface area contributed by atoms with Gasteiger partial charge in [0.2, 0.25) is 5.69 Å². The zero-order chi connectivity index (χ0) is 31.8. The fourth-order valence-electron chi connectivity index (χ4n) is 7.12. The Morgan fingerprint density at radius 1 is 1.00 bits per heavy atom. The van der Waals surface area contributed by atoms with E-state index in [4.69, 9.17) is 11.4 Å². The number of benzene rings is 3. The molecule has 45 heavy (non-hydrogen) atoms. The minimum absolute atomic E-state index is 0. The number of anilines is 2. The fourth-order valence-corrected chi connectivity index (χ4v) is 8.15. The van der Waals surface area contributed by atoms with Crippen LogP contribution in [0.15, 0.2) is 53.4 Å². The number of nitrogens with one attached hydrogen (secondary N) is 1. The number of hydrogen-bond donors (Lipinski definition) is 1. The van der Waals surface area contributed by atoms with Gasteiger partial charge in [0.1, 0.15) is 10.7 Å². The molecule has 0 radical (unpaired) electrons. The maximum atomic E-state index is 14.7. The Hall–Kier alpha value is -3.90. The Morgan fingerprint density at radius 2 is 1.67 bits per heavy atom. The minimum atomic E-state index is -3.27. The van der Waals surface area contributed by atoms with Crippen molar-refractivity contribution in [2.45, 2.75) is 65.3 Å². The Kier molecular flexibility index (Phi) is 10.3. The van der Waals surface area contributed by atoms with Gasteiger partial charge in [0.05, 0.1) is 22.0 Å². The first kappa shape index (κ1) is 34.0. The highest BCUT2D eigenvalue weighted by molar-refractivity contribution is 7.91. The van der Waals surface area contributed by atoms with E-state index in [-0.39, 0.29) is 24.3 Å². The van der Waals surface area contributed by atoms with Gasteiger partial charge in [-0.25, -0.2) is 18.2 Å². The third kappa shape index (κ3) is 6.86. The summed E-state index contributed by atoms with van der Waals surface area (Å²) in [6.45, 7) is 18.9. The summed E-state index contributed by atoms with van der Waals surface area (Å²) in [4.78, 5) is 24.0. The quantitative estimate of drug-likeness (QED) is 0.282.